The zero-order valence-corrected chi connectivity index (χ0v) is 9.59. The highest BCUT2D eigenvalue weighted by molar-refractivity contribution is 5.57. The number of aromatic nitrogens is 5. The van der Waals surface area contributed by atoms with Crippen LogP contribution in [0, 0.1) is 0 Å². The third-order valence-electron chi connectivity index (χ3n) is 2.70. The maximum absolute atomic E-state index is 5.21. The third kappa shape index (κ3) is 1.52. The second-order valence-corrected chi connectivity index (χ2v) is 3.85. The Kier molecular flexibility index (Phi) is 1.99. The largest absolute Gasteiger partial charge is 0.459 e. The molecule has 0 saturated heterocycles. The second-order valence-electron chi connectivity index (χ2n) is 3.85. The second kappa shape index (κ2) is 3.77. The smallest absolute Gasteiger partial charge is 0.293 e. The summed E-state index contributed by atoms with van der Waals surface area (Å²) in [6, 6.07) is 3.52. The minimum absolute atomic E-state index is 0.337. The Morgan fingerprint density at radius 2 is 2.21 bits per heavy atom. The summed E-state index contributed by atoms with van der Waals surface area (Å²) >= 11 is 0. The predicted octanol–water partition coefficient (Wildman–Crippen LogP) is 2.04. The molecule has 4 heterocycles. The Hall–Kier alpha value is -2.96. The first kappa shape index (κ1) is 10.0. The van der Waals surface area contributed by atoms with Crippen LogP contribution in [0.3, 0.4) is 0 Å². The summed E-state index contributed by atoms with van der Waals surface area (Å²) in [5.74, 6) is 1.32. The fourth-order valence-corrected chi connectivity index (χ4v) is 1.84. The standard InChI is InChI=1S/C12H7N5O2/c1-2-9(18-5-1)12-15-11(16-19-12)8-6-14-10-7-13-3-4-17(8)10/h1-7H. The van der Waals surface area contributed by atoms with Gasteiger partial charge in [0.15, 0.2) is 11.4 Å². The van der Waals surface area contributed by atoms with E-state index in [1.807, 2.05) is 4.40 Å². The number of fused-ring (bicyclic) bond motifs is 1. The number of nitrogens with zero attached hydrogens (tertiary/aromatic N) is 5. The van der Waals surface area contributed by atoms with E-state index in [0.717, 1.165) is 11.3 Å². The molecule has 4 rings (SSSR count). The molecule has 0 spiro atoms. The van der Waals surface area contributed by atoms with E-state index in [4.69, 9.17) is 8.94 Å². The summed E-state index contributed by atoms with van der Waals surface area (Å²) in [7, 11) is 0. The summed E-state index contributed by atoms with van der Waals surface area (Å²) in [5.41, 5.74) is 1.46. The molecule has 0 bridgehead atoms. The fraction of sp³-hybridized carbons (Fsp3) is 0. The monoisotopic (exact) mass is 253 g/mol. The van der Waals surface area contributed by atoms with Crippen molar-refractivity contribution in [3.8, 4) is 23.2 Å². The quantitative estimate of drug-likeness (QED) is 0.543. The van der Waals surface area contributed by atoms with Crippen molar-refractivity contribution in [1.29, 1.82) is 0 Å². The summed E-state index contributed by atoms with van der Waals surface area (Å²) in [6.07, 6.45) is 8.36. The number of hydrogen-bond acceptors (Lipinski definition) is 6. The van der Waals surface area contributed by atoms with E-state index < -0.39 is 0 Å². The molecular formula is C12H7N5O2. The first-order valence-corrected chi connectivity index (χ1v) is 5.57. The van der Waals surface area contributed by atoms with Crippen LogP contribution in [0.1, 0.15) is 0 Å². The van der Waals surface area contributed by atoms with Gasteiger partial charge in [-0.2, -0.15) is 4.98 Å². The lowest BCUT2D eigenvalue weighted by molar-refractivity contribution is 0.416. The predicted molar refractivity (Wildman–Crippen MR) is 64.0 cm³/mol. The molecule has 19 heavy (non-hydrogen) atoms. The maximum atomic E-state index is 5.21. The van der Waals surface area contributed by atoms with Crippen LogP contribution < -0.4 is 0 Å². The van der Waals surface area contributed by atoms with Gasteiger partial charge < -0.3 is 8.94 Å². The Bertz CT molecular complexity index is 831. The van der Waals surface area contributed by atoms with Crippen molar-refractivity contribution in [2.45, 2.75) is 0 Å². The molecule has 7 nitrogen and oxygen atoms in total. The maximum Gasteiger partial charge on any atom is 0.293 e. The summed E-state index contributed by atoms with van der Waals surface area (Å²) in [5, 5.41) is 3.94. The van der Waals surface area contributed by atoms with Crippen LogP contribution in [-0.4, -0.2) is 24.5 Å². The van der Waals surface area contributed by atoms with Crippen molar-refractivity contribution in [3.05, 3.63) is 43.2 Å². The van der Waals surface area contributed by atoms with Gasteiger partial charge >= 0.3 is 0 Å². The molecule has 4 aromatic rings. The Labute approximate surface area is 106 Å². The summed E-state index contributed by atoms with van der Waals surface area (Å²) in [6.45, 7) is 0. The van der Waals surface area contributed by atoms with E-state index in [-0.39, 0.29) is 0 Å². The van der Waals surface area contributed by atoms with Gasteiger partial charge in [-0.25, -0.2) is 4.98 Å². The Morgan fingerprint density at radius 3 is 3.11 bits per heavy atom. The van der Waals surface area contributed by atoms with Crippen molar-refractivity contribution in [2.24, 2.45) is 0 Å². The Balaban J connectivity index is 1.85. The average Bonchev–Trinajstić information content (AvgIpc) is 3.18. The molecule has 92 valence electrons. The van der Waals surface area contributed by atoms with Gasteiger partial charge in [-0.15, -0.1) is 0 Å². The molecule has 0 unspecified atom stereocenters. The molecular weight excluding hydrogens is 246 g/mol. The zero-order valence-electron chi connectivity index (χ0n) is 9.59. The Morgan fingerprint density at radius 1 is 1.21 bits per heavy atom. The molecule has 4 aromatic heterocycles. The summed E-state index contributed by atoms with van der Waals surface area (Å²) < 4.78 is 12.2. The number of rotatable bonds is 2. The molecule has 0 radical (unpaired) electrons. The first-order chi connectivity index (χ1) is 9.42. The van der Waals surface area contributed by atoms with Gasteiger partial charge in [0.1, 0.15) is 5.69 Å². The van der Waals surface area contributed by atoms with Gasteiger partial charge in [0.2, 0.25) is 5.82 Å². The highest BCUT2D eigenvalue weighted by Gasteiger charge is 2.15. The topological polar surface area (TPSA) is 82.2 Å². The minimum atomic E-state index is 0.337. The number of hydrogen-bond donors (Lipinski definition) is 0. The SMILES string of the molecule is c1coc(-c2nc(-c3cnc4cnccn34)no2)c1. The van der Waals surface area contributed by atoms with Crippen LogP contribution in [0.15, 0.2) is 52.1 Å². The van der Waals surface area contributed by atoms with Crippen molar-refractivity contribution < 1.29 is 8.94 Å². The van der Waals surface area contributed by atoms with Gasteiger partial charge in [-0.1, -0.05) is 5.16 Å². The van der Waals surface area contributed by atoms with E-state index in [2.05, 4.69) is 20.1 Å². The molecule has 0 fully saturated rings. The van der Waals surface area contributed by atoms with Crippen molar-refractivity contribution >= 4 is 5.65 Å². The van der Waals surface area contributed by atoms with E-state index in [0.29, 0.717) is 17.5 Å². The minimum Gasteiger partial charge on any atom is -0.459 e. The van der Waals surface area contributed by atoms with Crippen molar-refractivity contribution in [2.75, 3.05) is 0 Å². The van der Waals surface area contributed by atoms with Gasteiger partial charge in [-0.3, -0.25) is 9.38 Å². The highest BCUT2D eigenvalue weighted by Crippen LogP contribution is 2.22. The molecule has 0 aliphatic rings. The van der Waals surface area contributed by atoms with E-state index in [9.17, 15) is 0 Å². The lowest BCUT2D eigenvalue weighted by Crippen LogP contribution is -1.89. The van der Waals surface area contributed by atoms with E-state index >= 15 is 0 Å². The van der Waals surface area contributed by atoms with E-state index in [1.54, 1.807) is 43.2 Å². The zero-order chi connectivity index (χ0) is 12.7. The van der Waals surface area contributed by atoms with Crippen molar-refractivity contribution in [1.82, 2.24) is 24.5 Å². The fourth-order valence-electron chi connectivity index (χ4n) is 1.84. The first-order valence-electron chi connectivity index (χ1n) is 5.57. The molecule has 0 aliphatic carbocycles. The van der Waals surface area contributed by atoms with Crippen LogP contribution in [0.2, 0.25) is 0 Å². The molecule has 0 saturated carbocycles. The van der Waals surface area contributed by atoms with E-state index in [1.165, 1.54) is 0 Å². The molecule has 0 amide bonds. The number of imidazole rings is 1. The molecule has 7 heteroatoms. The van der Waals surface area contributed by atoms with Crippen LogP contribution in [0.5, 0.6) is 0 Å². The van der Waals surface area contributed by atoms with Crippen LogP contribution >= 0.6 is 0 Å². The number of furan rings is 1. The van der Waals surface area contributed by atoms with Gasteiger partial charge in [0.05, 0.1) is 18.7 Å². The van der Waals surface area contributed by atoms with Gasteiger partial charge in [-0.05, 0) is 12.1 Å². The average molecular weight is 253 g/mol. The summed E-state index contributed by atoms with van der Waals surface area (Å²) in [4.78, 5) is 12.5. The molecule has 0 atom stereocenters. The molecule has 0 aromatic carbocycles. The lowest BCUT2D eigenvalue weighted by atomic mass is 10.4. The van der Waals surface area contributed by atoms with Crippen LogP contribution in [-0.2, 0) is 0 Å². The molecule has 0 N–H and O–H groups in total. The van der Waals surface area contributed by atoms with Crippen molar-refractivity contribution in [3.63, 3.8) is 0 Å². The van der Waals surface area contributed by atoms with Crippen LogP contribution in [0.4, 0.5) is 0 Å². The highest BCUT2D eigenvalue weighted by atomic mass is 16.5. The molecule has 0 aliphatic heterocycles. The third-order valence-corrected chi connectivity index (χ3v) is 2.70. The normalized spacial score (nSPS) is 11.2. The van der Waals surface area contributed by atoms with Gasteiger partial charge in [0, 0.05) is 12.4 Å². The van der Waals surface area contributed by atoms with Gasteiger partial charge in [0.25, 0.3) is 5.89 Å². The van der Waals surface area contributed by atoms with Crippen LogP contribution in [0.25, 0.3) is 28.8 Å². The lowest BCUT2D eigenvalue weighted by Gasteiger charge is -1.94.